The zero-order chi connectivity index (χ0) is 21.7. The summed E-state index contributed by atoms with van der Waals surface area (Å²) in [5.74, 6) is 1.33. The maximum atomic E-state index is 12.7. The molecule has 0 aliphatic carbocycles. The minimum Gasteiger partial charge on any atom is -0.496 e. The van der Waals surface area contributed by atoms with Crippen molar-refractivity contribution in [3.05, 3.63) is 87.9 Å². The number of carbonyl (C=O) groups excluding carboxylic acids is 1. The van der Waals surface area contributed by atoms with Gasteiger partial charge in [0.05, 0.1) is 7.11 Å². The van der Waals surface area contributed by atoms with E-state index in [2.05, 4.69) is 48.1 Å². The topological polar surface area (TPSA) is 47.6 Å². The first-order valence-electron chi connectivity index (χ1n) is 9.74. The number of benzene rings is 3. The highest BCUT2D eigenvalue weighted by molar-refractivity contribution is 9.10. The van der Waals surface area contributed by atoms with Gasteiger partial charge in [-0.25, -0.2) is 0 Å². The highest BCUT2D eigenvalue weighted by atomic mass is 79.9. The summed E-state index contributed by atoms with van der Waals surface area (Å²) in [7, 11) is 1.61. The first-order chi connectivity index (χ1) is 14.3. The molecule has 0 radical (unpaired) electrons. The van der Waals surface area contributed by atoms with Crippen LogP contribution in [0.25, 0.3) is 0 Å². The third kappa shape index (κ3) is 5.42. The van der Waals surface area contributed by atoms with Gasteiger partial charge in [-0.1, -0.05) is 54.9 Å². The highest BCUT2D eigenvalue weighted by Gasteiger charge is 2.19. The van der Waals surface area contributed by atoms with Crippen molar-refractivity contribution in [2.45, 2.75) is 32.8 Å². The predicted molar refractivity (Wildman–Crippen MR) is 125 cm³/mol. The Morgan fingerprint density at radius 3 is 2.33 bits per heavy atom. The quantitative estimate of drug-likeness (QED) is 0.444. The fraction of sp³-hybridized carbons (Fsp3) is 0.240. The van der Waals surface area contributed by atoms with E-state index in [9.17, 15) is 4.79 Å². The molecule has 1 N–H and O–H groups in total. The monoisotopic (exact) mass is 467 g/mol. The van der Waals surface area contributed by atoms with Crippen LogP contribution in [0.2, 0.25) is 0 Å². The molecule has 156 valence electrons. The minimum absolute atomic E-state index is 0.0346. The summed E-state index contributed by atoms with van der Waals surface area (Å²) in [6.45, 7) is 6.77. The standard InChI is InChI=1S/C25H26BrNO3/c1-25(2,3)21-7-5-6-8-23(21)30-16-18-15-17(9-14-22(18)29-4)24(28)27-20-12-10-19(26)11-13-20/h5-15H,16H2,1-4H3,(H,27,28). The second-order valence-corrected chi connectivity index (χ2v) is 8.94. The number of nitrogens with one attached hydrogen (secondary N) is 1. The molecule has 0 heterocycles. The molecule has 0 fully saturated rings. The summed E-state index contributed by atoms with van der Waals surface area (Å²) >= 11 is 3.40. The normalized spacial score (nSPS) is 11.1. The number of ether oxygens (including phenoxy) is 2. The number of amides is 1. The molecule has 0 bridgehead atoms. The number of hydrogen-bond acceptors (Lipinski definition) is 3. The first kappa shape index (κ1) is 21.9. The van der Waals surface area contributed by atoms with Crippen LogP contribution in [0.3, 0.4) is 0 Å². The van der Waals surface area contributed by atoms with Gasteiger partial charge in [-0.05, 0) is 59.5 Å². The number of hydrogen-bond donors (Lipinski definition) is 1. The van der Waals surface area contributed by atoms with Crippen LogP contribution in [0.4, 0.5) is 5.69 Å². The Hall–Kier alpha value is -2.79. The van der Waals surface area contributed by atoms with Gasteiger partial charge in [0, 0.05) is 21.3 Å². The van der Waals surface area contributed by atoms with E-state index in [1.807, 2.05) is 48.5 Å². The summed E-state index contributed by atoms with van der Waals surface area (Å²) in [5.41, 5.74) is 3.18. The number of rotatable bonds is 6. The fourth-order valence-corrected chi connectivity index (χ4v) is 3.40. The molecule has 30 heavy (non-hydrogen) atoms. The molecular weight excluding hydrogens is 442 g/mol. The minimum atomic E-state index is -0.184. The average molecular weight is 468 g/mol. The molecular formula is C25H26BrNO3. The number of para-hydroxylation sites is 1. The van der Waals surface area contributed by atoms with Gasteiger partial charge in [-0.2, -0.15) is 0 Å². The second-order valence-electron chi connectivity index (χ2n) is 8.02. The zero-order valence-electron chi connectivity index (χ0n) is 17.7. The maximum Gasteiger partial charge on any atom is 0.255 e. The molecule has 3 aromatic rings. The summed E-state index contributed by atoms with van der Waals surface area (Å²) in [5, 5.41) is 2.91. The van der Waals surface area contributed by atoms with E-state index in [-0.39, 0.29) is 11.3 Å². The van der Waals surface area contributed by atoms with Crippen LogP contribution in [0.5, 0.6) is 11.5 Å². The van der Waals surface area contributed by atoms with E-state index in [0.29, 0.717) is 17.9 Å². The molecule has 1 amide bonds. The molecule has 5 heteroatoms. The van der Waals surface area contributed by atoms with Crippen LogP contribution in [0, 0.1) is 0 Å². The average Bonchev–Trinajstić information content (AvgIpc) is 2.73. The van der Waals surface area contributed by atoms with E-state index in [4.69, 9.17) is 9.47 Å². The summed E-state index contributed by atoms with van der Waals surface area (Å²) in [6.07, 6.45) is 0. The third-order valence-electron chi connectivity index (χ3n) is 4.72. The molecule has 0 aliphatic rings. The van der Waals surface area contributed by atoms with Crippen molar-refractivity contribution in [1.29, 1.82) is 0 Å². The van der Waals surface area contributed by atoms with Crippen molar-refractivity contribution in [1.82, 2.24) is 0 Å². The van der Waals surface area contributed by atoms with E-state index >= 15 is 0 Å². The number of halogens is 1. The van der Waals surface area contributed by atoms with Crippen molar-refractivity contribution in [2.75, 3.05) is 12.4 Å². The Labute approximate surface area is 186 Å². The Morgan fingerprint density at radius 2 is 1.67 bits per heavy atom. The van der Waals surface area contributed by atoms with Gasteiger partial charge < -0.3 is 14.8 Å². The molecule has 0 aliphatic heterocycles. The highest BCUT2D eigenvalue weighted by Crippen LogP contribution is 2.32. The predicted octanol–water partition coefficient (Wildman–Crippen LogP) is 6.59. The number of carbonyl (C=O) groups is 1. The van der Waals surface area contributed by atoms with Crippen LogP contribution < -0.4 is 14.8 Å². The van der Waals surface area contributed by atoms with Gasteiger partial charge in [0.2, 0.25) is 0 Å². The van der Waals surface area contributed by atoms with Crippen molar-refractivity contribution in [2.24, 2.45) is 0 Å². The summed E-state index contributed by atoms with van der Waals surface area (Å²) in [6, 6.07) is 20.8. The smallest absolute Gasteiger partial charge is 0.255 e. The molecule has 0 atom stereocenters. The van der Waals surface area contributed by atoms with Gasteiger partial charge in [-0.3, -0.25) is 4.79 Å². The number of methoxy groups -OCH3 is 1. The lowest BCUT2D eigenvalue weighted by molar-refractivity contribution is 0.102. The van der Waals surface area contributed by atoms with E-state index < -0.39 is 0 Å². The molecule has 4 nitrogen and oxygen atoms in total. The lowest BCUT2D eigenvalue weighted by atomic mass is 9.86. The third-order valence-corrected chi connectivity index (χ3v) is 5.25. The molecule has 3 rings (SSSR count). The molecule has 3 aromatic carbocycles. The second kappa shape index (κ2) is 9.35. The number of anilines is 1. The van der Waals surface area contributed by atoms with Crippen LogP contribution in [0.15, 0.2) is 71.2 Å². The van der Waals surface area contributed by atoms with Crippen LogP contribution in [-0.2, 0) is 12.0 Å². The molecule has 0 saturated carbocycles. The fourth-order valence-electron chi connectivity index (χ4n) is 3.14. The van der Waals surface area contributed by atoms with Crippen LogP contribution in [-0.4, -0.2) is 13.0 Å². The summed E-state index contributed by atoms with van der Waals surface area (Å²) in [4.78, 5) is 12.7. The Balaban J connectivity index is 1.80. The first-order valence-corrected chi connectivity index (χ1v) is 10.5. The van der Waals surface area contributed by atoms with Crippen LogP contribution >= 0.6 is 15.9 Å². The van der Waals surface area contributed by atoms with E-state index in [1.54, 1.807) is 19.2 Å². The molecule has 0 spiro atoms. The Kier molecular flexibility index (Phi) is 6.83. The van der Waals surface area contributed by atoms with Gasteiger partial charge in [0.25, 0.3) is 5.91 Å². The van der Waals surface area contributed by atoms with Crippen molar-refractivity contribution in [3.8, 4) is 11.5 Å². The van der Waals surface area contributed by atoms with Gasteiger partial charge in [-0.15, -0.1) is 0 Å². The van der Waals surface area contributed by atoms with Crippen molar-refractivity contribution in [3.63, 3.8) is 0 Å². The van der Waals surface area contributed by atoms with Gasteiger partial charge in [0.1, 0.15) is 18.1 Å². The molecule has 0 unspecified atom stereocenters. The van der Waals surface area contributed by atoms with Gasteiger partial charge >= 0.3 is 0 Å². The molecule has 0 aromatic heterocycles. The van der Waals surface area contributed by atoms with Gasteiger partial charge in [0.15, 0.2) is 0 Å². The Bertz CT molecular complexity index is 1020. The summed E-state index contributed by atoms with van der Waals surface area (Å²) < 4.78 is 12.6. The maximum absolute atomic E-state index is 12.7. The van der Waals surface area contributed by atoms with E-state index in [0.717, 1.165) is 27.0 Å². The molecule has 0 saturated heterocycles. The van der Waals surface area contributed by atoms with Crippen molar-refractivity contribution >= 4 is 27.5 Å². The van der Waals surface area contributed by atoms with Crippen molar-refractivity contribution < 1.29 is 14.3 Å². The SMILES string of the molecule is COc1ccc(C(=O)Nc2ccc(Br)cc2)cc1COc1ccccc1C(C)(C)C. The zero-order valence-corrected chi connectivity index (χ0v) is 19.2. The lowest BCUT2D eigenvalue weighted by Crippen LogP contribution is -2.14. The van der Waals surface area contributed by atoms with Crippen LogP contribution in [0.1, 0.15) is 42.3 Å². The van der Waals surface area contributed by atoms with E-state index in [1.165, 1.54) is 0 Å². The largest absolute Gasteiger partial charge is 0.496 e. The lowest BCUT2D eigenvalue weighted by Gasteiger charge is -2.23. The Morgan fingerprint density at radius 1 is 0.967 bits per heavy atom.